The molecule has 0 fully saturated rings. The molecule has 0 bridgehead atoms. The zero-order valence-corrected chi connectivity index (χ0v) is 13.6. The topological polar surface area (TPSA) is 55.4 Å². The highest BCUT2D eigenvalue weighted by Gasteiger charge is 2.09. The molecular formula is C16H18ClNO3S. The van der Waals surface area contributed by atoms with E-state index in [0.717, 1.165) is 5.56 Å². The molecule has 0 aliphatic carbocycles. The zero-order chi connectivity index (χ0) is 15.8. The Morgan fingerprint density at radius 2 is 1.82 bits per heavy atom. The van der Waals surface area contributed by atoms with E-state index in [1.807, 2.05) is 30.3 Å². The number of sulfonamides is 1. The van der Waals surface area contributed by atoms with Gasteiger partial charge in [0.2, 0.25) is 10.0 Å². The van der Waals surface area contributed by atoms with Gasteiger partial charge in [-0.1, -0.05) is 48.0 Å². The smallest absolute Gasteiger partial charge is 0.212 e. The van der Waals surface area contributed by atoms with Crippen molar-refractivity contribution in [1.29, 1.82) is 0 Å². The van der Waals surface area contributed by atoms with Crippen LogP contribution in [0.1, 0.15) is 5.56 Å². The summed E-state index contributed by atoms with van der Waals surface area (Å²) in [5.74, 6) is 0.685. The first-order valence-corrected chi connectivity index (χ1v) is 8.98. The molecule has 0 aliphatic rings. The summed E-state index contributed by atoms with van der Waals surface area (Å²) in [7, 11) is -3.30. The lowest BCUT2D eigenvalue weighted by molar-refractivity contribution is 0.323. The molecule has 0 aromatic heterocycles. The van der Waals surface area contributed by atoms with Gasteiger partial charge in [-0.25, -0.2) is 13.1 Å². The largest absolute Gasteiger partial charge is 0.492 e. The minimum atomic E-state index is -3.30. The summed E-state index contributed by atoms with van der Waals surface area (Å²) >= 11 is 5.84. The monoisotopic (exact) mass is 339 g/mol. The molecule has 6 heteroatoms. The van der Waals surface area contributed by atoms with E-state index in [1.165, 1.54) is 0 Å². The van der Waals surface area contributed by atoms with Gasteiger partial charge in [0.05, 0.1) is 5.75 Å². The van der Waals surface area contributed by atoms with E-state index in [2.05, 4.69) is 4.72 Å². The fourth-order valence-electron chi connectivity index (χ4n) is 1.89. The molecule has 2 aromatic rings. The second-order valence-corrected chi connectivity index (χ2v) is 7.12. The summed E-state index contributed by atoms with van der Waals surface area (Å²) in [5.41, 5.74) is 1.00. The van der Waals surface area contributed by atoms with E-state index in [-0.39, 0.29) is 18.9 Å². The molecule has 0 saturated heterocycles. The minimum absolute atomic E-state index is 0.0637. The summed E-state index contributed by atoms with van der Waals surface area (Å²) in [6, 6.07) is 16.5. The van der Waals surface area contributed by atoms with Crippen molar-refractivity contribution < 1.29 is 13.2 Å². The standard InChI is InChI=1S/C16H18ClNO3S/c17-15-7-4-8-16(13-15)21-11-10-18-22(19,20)12-9-14-5-2-1-3-6-14/h1-8,13,18H,9-12H2. The average molecular weight is 340 g/mol. The molecule has 0 aliphatic heterocycles. The van der Waals surface area contributed by atoms with E-state index in [0.29, 0.717) is 17.2 Å². The lowest BCUT2D eigenvalue weighted by atomic mass is 10.2. The van der Waals surface area contributed by atoms with Gasteiger partial charge in [-0.05, 0) is 30.2 Å². The first-order chi connectivity index (χ1) is 10.6. The summed E-state index contributed by atoms with van der Waals surface area (Å²) in [6.07, 6.45) is 0.491. The molecule has 0 amide bonds. The number of rotatable bonds is 8. The van der Waals surface area contributed by atoms with Crippen LogP contribution in [0.5, 0.6) is 5.75 Å². The van der Waals surface area contributed by atoms with Crippen LogP contribution in [-0.4, -0.2) is 27.3 Å². The number of ether oxygens (including phenoxy) is 1. The average Bonchev–Trinajstić information content (AvgIpc) is 2.51. The van der Waals surface area contributed by atoms with Gasteiger partial charge in [0.25, 0.3) is 0 Å². The maximum atomic E-state index is 11.9. The maximum absolute atomic E-state index is 11.9. The molecule has 2 aromatic carbocycles. The van der Waals surface area contributed by atoms with Crippen LogP contribution in [0.25, 0.3) is 0 Å². The second kappa shape index (κ2) is 8.17. The number of nitrogens with one attached hydrogen (secondary N) is 1. The number of halogens is 1. The van der Waals surface area contributed by atoms with Gasteiger partial charge in [0, 0.05) is 11.6 Å². The molecule has 0 heterocycles. The predicted molar refractivity (Wildman–Crippen MR) is 88.9 cm³/mol. The van der Waals surface area contributed by atoms with Gasteiger partial charge in [-0.3, -0.25) is 0 Å². The molecule has 4 nitrogen and oxygen atoms in total. The molecule has 118 valence electrons. The molecule has 22 heavy (non-hydrogen) atoms. The highest BCUT2D eigenvalue weighted by Crippen LogP contribution is 2.16. The summed E-state index contributed by atoms with van der Waals surface area (Å²) in [6.45, 7) is 0.481. The number of benzene rings is 2. The van der Waals surface area contributed by atoms with E-state index >= 15 is 0 Å². The van der Waals surface area contributed by atoms with E-state index < -0.39 is 10.0 Å². The van der Waals surface area contributed by atoms with Gasteiger partial charge in [0.1, 0.15) is 12.4 Å². The van der Waals surface area contributed by atoms with Crippen LogP contribution in [0.15, 0.2) is 54.6 Å². The first-order valence-electron chi connectivity index (χ1n) is 6.95. The van der Waals surface area contributed by atoms with Crippen molar-refractivity contribution in [2.45, 2.75) is 6.42 Å². The van der Waals surface area contributed by atoms with Crippen LogP contribution >= 0.6 is 11.6 Å². The van der Waals surface area contributed by atoms with E-state index in [9.17, 15) is 8.42 Å². The molecule has 0 unspecified atom stereocenters. The molecule has 0 radical (unpaired) electrons. The highest BCUT2D eigenvalue weighted by atomic mass is 35.5. The number of hydrogen-bond donors (Lipinski definition) is 1. The zero-order valence-electron chi connectivity index (χ0n) is 12.0. The Hall–Kier alpha value is -1.56. The van der Waals surface area contributed by atoms with E-state index in [4.69, 9.17) is 16.3 Å². The lowest BCUT2D eigenvalue weighted by Crippen LogP contribution is -2.31. The quantitative estimate of drug-likeness (QED) is 0.752. The Labute approximate surface area is 136 Å². The fraction of sp³-hybridized carbons (Fsp3) is 0.250. The van der Waals surface area contributed by atoms with Crippen molar-refractivity contribution in [3.8, 4) is 5.75 Å². The third-order valence-corrected chi connectivity index (χ3v) is 4.61. The van der Waals surface area contributed by atoms with Crippen LogP contribution < -0.4 is 9.46 Å². The third kappa shape index (κ3) is 6.05. The van der Waals surface area contributed by atoms with E-state index in [1.54, 1.807) is 24.3 Å². The molecular weight excluding hydrogens is 322 g/mol. The normalized spacial score (nSPS) is 11.3. The molecule has 0 atom stereocenters. The number of hydrogen-bond acceptors (Lipinski definition) is 3. The van der Waals surface area contributed by atoms with Crippen molar-refractivity contribution in [1.82, 2.24) is 4.72 Å². The van der Waals surface area contributed by atoms with Gasteiger partial charge in [0.15, 0.2) is 0 Å². The van der Waals surface area contributed by atoms with Gasteiger partial charge in [-0.15, -0.1) is 0 Å². The van der Waals surface area contributed by atoms with Crippen LogP contribution in [0.2, 0.25) is 5.02 Å². The van der Waals surface area contributed by atoms with Gasteiger partial charge in [-0.2, -0.15) is 0 Å². The molecule has 0 spiro atoms. The molecule has 1 N–H and O–H groups in total. The highest BCUT2D eigenvalue weighted by molar-refractivity contribution is 7.89. The molecule has 0 saturated carbocycles. The van der Waals surface area contributed by atoms with Crippen LogP contribution in [0, 0.1) is 0 Å². The lowest BCUT2D eigenvalue weighted by Gasteiger charge is -2.09. The van der Waals surface area contributed by atoms with Crippen LogP contribution in [0.3, 0.4) is 0 Å². The van der Waals surface area contributed by atoms with Crippen LogP contribution in [0.4, 0.5) is 0 Å². The fourth-order valence-corrected chi connectivity index (χ4v) is 3.12. The Balaban J connectivity index is 1.71. The minimum Gasteiger partial charge on any atom is -0.492 e. The molecule has 2 rings (SSSR count). The van der Waals surface area contributed by atoms with Crippen molar-refractivity contribution in [2.75, 3.05) is 18.9 Å². The summed E-state index contributed by atoms with van der Waals surface area (Å²) < 4.78 is 31.7. The van der Waals surface area contributed by atoms with Crippen molar-refractivity contribution >= 4 is 21.6 Å². The van der Waals surface area contributed by atoms with Crippen LogP contribution in [-0.2, 0) is 16.4 Å². The van der Waals surface area contributed by atoms with Gasteiger partial charge >= 0.3 is 0 Å². The van der Waals surface area contributed by atoms with Crippen molar-refractivity contribution in [2.24, 2.45) is 0 Å². The summed E-state index contributed by atoms with van der Waals surface area (Å²) in [4.78, 5) is 0. The third-order valence-electron chi connectivity index (χ3n) is 2.99. The SMILES string of the molecule is O=S(=O)(CCc1ccccc1)NCCOc1cccc(Cl)c1. The summed E-state index contributed by atoms with van der Waals surface area (Å²) in [5, 5.41) is 0.584. The second-order valence-electron chi connectivity index (χ2n) is 4.75. The van der Waals surface area contributed by atoms with Crippen molar-refractivity contribution in [3.63, 3.8) is 0 Å². The Morgan fingerprint density at radius 3 is 2.55 bits per heavy atom. The first kappa shape index (κ1) is 16.8. The maximum Gasteiger partial charge on any atom is 0.212 e. The Kier molecular flexibility index (Phi) is 6.24. The number of aryl methyl sites for hydroxylation is 1. The Bertz CT molecular complexity index is 690. The Morgan fingerprint density at radius 1 is 1.05 bits per heavy atom. The predicted octanol–water partition coefficient (Wildman–Crippen LogP) is 2.88. The van der Waals surface area contributed by atoms with Gasteiger partial charge < -0.3 is 4.74 Å². The van der Waals surface area contributed by atoms with Crippen molar-refractivity contribution in [3.05, 3.63) is 65.2 Å².